The van der Waals surface area contributed by atoms with E-state index in [0.29, 0.717) is 17.0 Å². The number of hydrogen-bond acceptors (Lipinski definition) is 5. The van der Waals surface area contributed by atoms with Crippen molar-refractivity contribution in [3.8, 4) is 0 Å². The number of carbonyl (C=O) groups is 2. The van der Waals surface area contributed by atoms with Crippen molar-refractivity contribution < 1.29 is 14.3 Å². The van der Waals surface area contributed by atoms with E-state index in [0.717, 1.165) is 21.6 Å². The first kappa shape index (κ1) is 24.2. The maximum Gasteiger partial charge on any atom is 0.341 e. The van der Waals surface area contributed by atoms with Gasteiger partial charge in [0.1, 0.15) is 5.00 Å². The molecule has 0 saturated heterocycles. The van der Waals surface area contributed by atoms with Gasteiger partial charge in [-0.15, -0.1) is 11.3 Å². The first-order chi connectivity index (χ1) is 16.1. The molecular formula is C28H32N2O3S. The van der Waals surface area contributed by atoms with Crippen LogP contribution in [0.3, 0.4) is 0 Å². The summed E-state index contributed by atoms with van der Waals surface area (Å²) in [5.41, 5.74) is 3.08. The molecule has 0 fully saturated rings. The van der Waals surface area contributed by atoms with Crippen molar-refractivity contribution in [2.45, 2.75) is 57.5 Å². The van der Waals surface area contributed by atoms with Crippen molar-refractivity contribution in [2.75, 3.05) is 12.4 Å². The highest BCUT2D eigenvalue weighted by atomic mass is 32.1. The molecular weight excluding hydrogens is 444 g/mol. The molecule has 1 aromatic heterocycles. The Labute approximate surface area is 205 Å². The lowest BCUT2D eigenvalue weighted by Crippen LogP contribution is -2.55. The summed E-state index contributed by atoms with van der Waals surface area (Å²) in [4.78, 5) is 27.3. The van der Waals surface area contributed by atoms with Crippen molar-refractivity contribution >= 4 is 28.2 Å². The number of hydrogen-bond donors (Lipinski definition) is 2. The first-order valence-electron chi connectivity index (χ1n) is 11.5. The molecule has 0 saturated carbocycles. The number of thiophene rings is 1. The Bertz CT molecular complexity index is 1140. The van der Waals surface area contributed by atoms with E-state index >= 15 is 0 Å². The fourth-order valence-corrected chi connectivity index (χ4v) is 6.38. The van der Waals surface area contributed by atoms with Gasteiger partial charge in [0.2, 0.25) is 5.91 Å². The average molecular weight is 477 g/mol. The highest BCUT2D eigenvalue weighted by molar-refractivity contribution is 7.17. The van der Waals surface area contributed by atoms with Crippen molar-refractivity contribution in [1.29, 1.82) is 0 Å². The second kappa shape index (κ2) is 9.35. The van der Waals surface area contributed by atoms with E-state index in [9.17, 15) is 9.59 Å². The van der Waals surface area contributed by atoms with Crippen LogP contribution in [0.4, 0.5) is 5.00 Å². The van der Waals surface area contributed by atoms with Crippen LogP contribution in [0.1, 0.15) is 72.0 Å². The first-order valence-corrected chi connectivity index (χ1v) is 12.4. The lowest BCUT2D eigenvalue weighted by Gasteiger charge is -2.42. The molecule has 1 aliphatic rings. The van der Waals surface area contributed by atoms with Crippen LogP contribution >= 0.6 is 11.3 Å². The number of esters is 1. The van der Waals surface area contributed by atoms with E-state index in [-0.39, 0.29) is 29.3 Å². The molecule has 0 unspecified atom stereocenters. The minimum atomic E-state index is -0.413. The maximum absolute atomic E-state index is 13.4. The number of nitrogens with one attached hydrogen (secondary N) is 2. The van der Waals surface area contributed by atoms with Crippen LogP contribution in [0.2, 0.25) is 0 Å². The molecule has 1 aliphatic heterocycles. The zero-order valence-corrected chi connectivity index (χ0v) is 21.2. The predicted octanol–water partition coefficient (Wildman–Crippen LogP) is 5.85. The molecule has 1 amide bonds. The minimum absolute atomic E-state index is 0.0874. The largest absolute Gasteiger partial charge is 0.465 e. The van der Waals surface area contributed by atoms with Crippen LogP contribution < -0.4 is 10.6 Å². The van der Waals surface area contributed by atoms with Gasteiger partial charge in [0.15, 0.2) is 0 Å². The van der Waals surface area contributed by atoms with Crippen molar-refractivity contribution in [3.63, 3.8) is 0 Å². The van der Waals surface area contributed by atoms with Gasteiger partial charge in [-0.25, -0.2) is 4.79 Å². The number of fused-ring (bicyclic) bond motifs is 1. The van der Waals surface area contributed by atoms with E-state index < -0.39 is 5.97 Å². The highest BCUT2D eigenvalue weighted by Gasteiger charge is 2.42. The molecule has 5 nitrogen and oxygen atoms in total. The van der Waals surface area contributed by atoms with Gasteiger partial charge in [-0.1, -0.05) is 60.7 Å². The third-order valence-electron chi connectivity index (χ3n) is 6.28. The van der Waals surface area contributed by atoms with E-state index in [4.69, 9.17) is 4.74 Å². The summed E-state index contributed by atoms with van der Waals surface area (Å²) in [6, 6.07) is 20.1. The number of ether oxygens (including phenoxy) is 1. The molecule has 3 aromatic rings. The van der Waals surface area contributed by atoms with E-state index in [1.54, 1.807) is 0 Å². The van der Waals surface area contributed by atoms with Gasteiger partial charge in [-0.3, -0.25) is 4.79 Å². The summed E-state index contributed by atoms with van der Waals surface area (Å²) in [6.07, 6.45) is 0.948. The molecule has 0 spiro atoms. The monoisotopic (exact) mass is 476 g/mol. The molecule has 2 heterocycles. The second-order valence-corrected chi connectivity index (χ2v) is 11.1. The maximum atomic E-state index is 13.4. The van der Waals surface area contributed by atoms with Gasteiger partial charge < -0.3 is 15.4 Å². The molecule has 0 bridgehead atoms. The van der Waals surface area contributed by atoms with Crippen LogP contribution in [-0.2, 0) is 21.5 Å². The number of methoxy groups -OCH3 is 1. The topological polar surface area (TPSA) is 67.4 Å². The lowest BCUT2D eigenvalue weighted by atomic mass is 9.81. The van der Waals surface area contributed by atoms with Crippen LogP contribution in [0.25, 0.3) is 0 Å². The Morgan fingerprint density at radius 2 is 1.56 bits per heavy atom. The fraction of sp³-hybridized carbons (Fsp3) is 0.357. The molecule has 2 N–H and O–H groups in total. The minimum Gasteiger partial charge on any atom is -0.465 e. The van der Waals surface area contributed by atoms with Crippen LogP contribution in [0.15, 0.2) is 60.7 Å². The zero-order chi connectivity index (χ0) is 24.5. The molecule has 178 valence electrons. The van der Waals surface area contributed by atoms with Crippen molar-refractivity contribution in [1.82, 2.24) is 5.32 Å². The van der Waals surface area contributed by atoms with E-state index in [2.05, 4.69) is 38.3 Å². The Balaban J connectivity index is 1.68. The standard InChI is InChI=1S/C28H32N2O3S/c1-27(2)17-21-23(26(32)33-5)25(34-24(21)28(3,4)30-27)29-22(31)16-20(18-12-8-6-9-13-18)19-14-10-7-11-15-19/h6-15,20,30H,16-17H2,1-5H3,(H,29,31). The normalized spacial score (nSPS) is 16.1. The number of carbonyl (C=O) groups excluding carboxylic acids is 2. The fourth-order valence-electron chi connectivity index (χ4n) is 5.10. The summed E-state index contributed by atoms with van der Waals surface area (Å²) >= 11 is 1.47. The predicted molar refractivity (Wildman–Crippen MR) is 138 cm³/mol. The van der Waals surface area contributed by atoms with Gasteiger partial charge in [-0.2, -0.15) is 0 Å². The van der Waals surface area contributed by atoms with Gasteiger partial charge >= 0.3 is 5.97 Å². The second-order valence-electron chi connectivity index (χ2n) is 10.0. The summed E-state index contributed by atoms with van der Waals surface area (Å²) < 4.78 is 5.14. The van der Waals surface area contributed by atoms with Gasteiger partial charge in [0.25, 0.3) is 0 Å². The molecule has 0 atom stereocenters. The molecule has 0 aliphatic carbocycles. The summed E-state index contributed by atoms with van der Waals surface area (Å²) in [6.45, 7) is 8.46. The highest BCUT2D eigenvalue weighted by Crippen LogP contribution is 2.45. The third-order valence-corrected chi connectivity index (χ3v) is 7.75. The molecule has 4 rings (SSSR count). The molecule has 2 aromatic carbocycles. The van der Waals surface area contributed by atoms with Crippen LogP contribution in [0.5, 0.6) is 0 Å². The Morgan fingerprint density at radius 1 is 1.00 bits per heavy atom. The Morgan fingerprint density at radius 3 is 2.09 bits per heavy atom. The van der Waals surface area contributed by atoms with Gasteiger partial charge in [0, 0.05) is 28.3 Å². The number of anilines is 1. The number of rotatable bonds is 6. The zero-order valence-electron chi connectivity index (χ0n) is 20.4. The number of benzene rings is 2. The lowest BCUT2D eigenvalue weighted by molar-refractivity contribution is -0.116. The quantitative estimate of drug-likeness (QED) is 0.438. The molecule has 0 radical (unpaired) electrons. The Hall–Kier alpha value is -2.96. The van der Waals surface area contributed by atoms with Gasteiger partial charge in [-0.05, 0) is 50.8 Å². The van der Waals surface area contributed by atoms with Gasteiger partial charge in [0.05, 0.1) is 12.7 Å². The summed E-state index contributed by atoms with van der Waals surface area (Å²) in [5.74, 6) is -0.633. The van der Waals surface area contributed by atoms with Crippen molar-refractivity contribution in [3.05, 3.63) is 87.8 Å². The third kappa shape index (κ3) is 4.93. The smallest absolute Gasteiger partial charge is 0.341 e. The van der Waals surface area contributed by atoms with E-state index in [1.165, 1.54) is 18.4 Å². The van der Waals surface area contributed by atoms with Crippen LogP contribution in [0, 0.1) is 0 Å². The van der Waals surface area contributed by atoms with E-state index in [1.807, 2.05) is 60.7 Å². The molecule has 34 heavy (non-hydrogen) atoms. The molecule has 6 heteroatoms. The Kier molecular flexibility index (Phi) is 6.65. The number of amides is 1. The van der Waals surface area contributed by atoms with Crippen molar-refractivity contribution in [2.24, 2.45) is 0 Å². The summed E-state index contributed by atoms with van der Waals surface area (Å²) in [7, 11) is 1.39. The average Bonchev–Trinajstić information content (AvgIpc) is 3.15. The summed E-state index contributed by atoms with van der Waals surface area (Å²) in [5, 5.41) is 7.29. The van der Waals surface area contributed by atoms with Crippen LogP contribution in [-0.4, -0.2) is 24.5 Å². The SMILES string of the molecule is COC(=O)c1c(NC(=O)CC(c2ccccc2)c2ccccc2)sc2c1CC(C)(C)NC2(C)C.